The fourth-order valence-corrected chi connectivity index (χ4v) is 2.59. The second-order valence-electron chi connectivity index (χ2n) is 5.95. The van der Waals surface area contributed by atoms with Gasteiger partial charge in [-0.2, -0.15) is 0 Å². The van der Waals surface area contributed by atoms with E-state index < -0.39 is 0 Å². The van der Waals surface area contributed by atoms with Gasteiger partial charge in [-0.15, -0.1) is 0 Å². The van der Waals surface area contributed by atoms with Gasteiger partial charge in [0.15, 0.2) is 5.96 Å². The van der Waals surface area contributed by atoms with Gasteiger partial charge < -0.3 is 21.2 Å². The number of aryl methyl sites for hydroxylation is 1. The van der Waals surface area contributed by atoms with Gasteiger partial charge in [-0.3, -0.25) is 15.1 Å². The van der Waals surface area contributed by atoms with Crippen molar-refractivity contribution in [2.45, 2.75) is 13.5 Å². The van der Waals surface area contributed by atoms with E-state index in [1.807, 2.05) is 43.3 Å². The molecule has 0 aliphatic rings. The number of rotatable bonds is 4. The lowest BCUT2D eigenvalue weighted by molar-refractivity contribution is 0.0972. The Balaban J connectivity index is 1.87. The van der Waals surface area contributed by atoms with Crippen molar-refractivity contribution in [3.05, 3.63) is 59.3 Å². The summed E-state index contributed by atoms with van der Waals surface area (Å²) < 4.78 is 5.94. The van der Waals surface area contributed by atoms with Crippen LogP contribution in [0, 0.1) is 6.92 Å². The number of carbonyl (C=O) groups is 1. The van der Waals surface area contributed by atoms with Crippen molar-refractivity contribution in [1.29, 1.82) is 0 Å². The van der Waals surface area contributed by atoms with Gasteiger partial charge >= 0.3 is 0 Å². The van der Waals surface area contributed by atoms with Crippen LogP contribution in [0.4, 0.5) is 5.69 Å². The van der Waals surface area contributed by atoms with Crippen LogP contribution < -0.4 is 21.5 Å². The maximum absolute atomic E-state index is 12.3. The lowest BCUT2D eigenvalue weighted by Crippen LogP contribution is -2.36. The van der Waals surface area contributed by atoms with E-state index in [4.69, 9.17) is 16.2 Å². The number of benzene rings is 2. The van der Waals surface area contributed by atoms with Gasteiger partial charge in [0.25, 0.3) is 5.91 Å². The molecule has 0 saturated carbocycles. The van der Waals surface area contributed by atoms with Crippen molar-refractivity contribution >= 4 is 28.5 Å². The summed E-state index contributed by atoms with van der Waals surface area (Å²) in [6, 6.07) is 13.1. The monoisotopic (exact) mass is 351 g/mol. The molecule has 3 rings (SSSR count). The number of anilines is 1. The fourth-order valence-electron chi connectivity index (χ4n) is 2.59. The zero-order valence-electron chi connectivity index (χ0n) is 14.7. The average Bonchev–Trinajstić information content (AvgIpc) is 3.09. The third-order valence-electron chi connectivity index (χ3n) is 4.07. The standard InChI is InChI=1S/C19H21N5O2/c1-11-3-8-16(26-10-12-4-6-13(20)7-5-12)17-14(11)9-15(23-17)18(25)24-19(21)22-2/h3-9,23H,10,20H2,1-2H3,(H3,21,22,24,25). The van der Waals surface area contributed by atoms with Crippen molar-refractivity contribution in [3.8, 4) is 5.75 Å². The Labute approximate surface area is 151 Å². The number of aliphatic imine (C=N–C) groups is 1. The number of nitrogen functional groups attached to an aromatic ring is 1. The molecule has 1 heterocycles. The number of aromatic nitrogens is 1. The number of hydrogen-bond donors (Lipinski definition) is 4. The van der Waals surface area contributed by atoms with Crippen LogP contribution in [0.1, 0.15) is 21.6 Å². The molecule has 2 aromatic carbocycles. The van der Waals surface area contributed by atoms with E-state index in [1.165, 1.54) is 7.05 Å². The van der Waals surface area contributed by atoms with Crippen molar-refractivity contribution in [3.63, 3.8) is 0 Å². The Kier molecular flexibility index (Phi) is 4.79. The maximum atomic E-state index is 12.3. The fraction of sp³-hybridized carbons (Fsp3) is 0.158. The summed E-state index contributed by atoms with van der Waals surface area (Å²) >= 11 is 0. The highest BCUT2D eigenvalue weighted by atomic mass is 16.5. The van der Waals surface area contributed by atoms with Crippen molar-refractivity contribution in [2.24, 2.45) is 10.7 Å². The molecule has 0 aliphatic carbocycles. The number of carbonyl (C=O) groups excluding carboxylic acids is 1. The third kappa shape index (κ3) is 3.61. The first-order chi connectivity index (χ1) is 12.5. The molecule has 1 amide bonds. The smallest absolute Gasteiger partial charge is 0.274 e. The predicted octanol–water partition coefficient (Wildman–Crippen LogP) is 2.31. The molecule has 26 heavy (non-hydrogen) atoms. The Hall–Kier alpha value is -3.48. The van der Waals surface area contributed by atoms with Crippen LogP contribution in [0.5, 0.6) is 5.75 Å². The minimum absolute atomic E-state index is 0.0604. The number of aromatic amines is 1. The lowest BCUT2D eigenvalue weighted by Gasteiger charge is -2.09. The summed E-state index contributed by atoms with van der Waals surface area (Å²) in [6.45, 7) is 2.37. The van der Waals surface area contributed by atoms with E-state index in [-0.39, 0.29) is 11.9 Å². The van der Waals surface area contributed by atoms with E-state index in [0.29, 0.717) is 23.7 Å². The quantitative estimate of drug-likeness (QED) is 0.328. The number of guanidine groups is 1. The number of nitrogens with two attached hydrogens (primary N) is 2. The highest BCUT2D eigenvalue weighted by Crippen LogP contribution is 2.29. The minimum atomic E-state index is -0.354. The van der Waals surface area contributed by atoms with Crippen LogP contribution in [-0.2, 0) is 6.61 Å². The molecule has 0 radical (unpaired) electrons. The van der Waals surface area contributed by atoms with E-state index in [1.54, 1.807) is 6.07 Å². The van der Waals surface area contributed by atoms with E-state index >= 15 is 0 Å². The number of hydrogen-bond acceptors (Lipinski definition) is 4. The normalized spacial score (nSPS) is 11.5. The molecule has 7 heteroatoms. The SMILES string of the molecule is CN=C(N)NC(=O)c1cc2c(C)ccc(OCc3ccc(N)cc3)c2[nH]1. The minimum Gasteiger partial charge on any atom is -0.487 e. The van der Waals surface area contributed by atoms with Crippen molar-refractivity contribution < 1.29 is 9.53 Å². The van der Waals surface area contributed by atoms with E-state index in [9.17, 15) is 4.79 Å². The summed E-state index contributed by atoms with van der Waals surface area (Å²) in [5.41, 5.74) is 15.2. The van der Waals surface area contributed by atoms with Gasteiger partial charge in [-0.05, 0) is 42.3 Å². The van der Waals surface area contributed by atoms with E-state index in [0.717, 1.165) is 22.0 Å². The zero-order chi connectivity index (χ0) is 18.7. The van der Waals surface area contributed by atoms with Gasteiger partial charge in [0.2, 0.25) is 0 Å². The Morgan fingerprint density at radius 2 is 1.96 bits per heavy atom. The molecule has 134 valence electrons. The molecule has 1 aromatic heterocycles. The second-order valence-corrected chi connectivity index (χ2v) is 5.95. The van der Waals surface area contributed by atoms with Crippen LogP contribution >= 0.6 is 0 Å². The topological polar surface area (TPSA) is 119 Å². The highest BCUT2D eigenvalue weighted by Gasteiger charge is 2.14. The first-order valence-electron chi connectivity index (χ1n) is 8.11. The zero-order valence-corrected chi connectivity index (χ0v) is 14.7. The van der Waals surface area contributed by atoms with Gasteiger partial charge in [0, 0.05) is 18.1 Å². The van der Waals surface area contributed by atoms with Gasteiger partial charge in [0.1, 0.15) is 18.1 Å². The van der Waals surface area contributed by atoms with Gasteiger partial charge in [0.05, 0.1) is 5.52 Å². The number of H-pyrrole nitrogens is 1. The molecular weight excluding hydrogens is 330 g/mol. The largest absolute Gasteiger partial charge is 0.487 e. The molecule has 6 N–H and O–H groups in total. The highest BCUT2D eigenvalue weighted by molar-refractivity contribution is 6.07. The number of fused-ring (bicyclic) bond motifs is 1. The average molecular weight is 351 g/mol. The number of nitrogens with one attached hydrogen (secondary N) is 2. The molecule has 7 nitrogen and oxygen atoms in total. The summed E-state index contributed by atoms with van der Waals surface area (Å²) in [7, 11) is 1.51. The molecular formula is C19H21N5O2. The lowest BCUT2D eigenvalue weighted by atomic mass is 10.1. The molecule has 0 spiro atoms. The molecule has 0 saturated heterocycles. The summed E-state index contributed by atoms with van der Waals surface area (Å²) in [5.74, 6) is 0.372. The molecule has 3 aromatic rings. The van der Waals surface area contributed by atoms with Crippen LogP contribution in [0.3, 0.4) is 0 Å². The first-order valence-corrected chi connectivity index (χ1v) is 8.11. The number of nitrogens with zero attached hydrogens (tertiary/aromatic N) is 1. The molecule has 0 atom stereocenters. The van der Waals surface area contributed by atoms with Gasteiger partial charge in [-0.25, -0.2) is 0 Å². The van der Waals surface area contributed by atoms with Crippen LogP contribution in [0.25, 0.3) is 10.9 Å². The van der Waals surface area contributed by atoms with E-state index in [2.05, 4.69) is 15.3 Å². The summed E-state index contributed by atoms with van der Waals surface area (Å²) in [6.07, 6.45) is 0. The number of ether oxygens (including phenoxy) is 1. The third-order valence-corrected chi connectivity index (χ3v) is 4.07. The van der Waals surface area contributed by atoms with Crippen LogP contribution in [0.15, 0.2) is 47.5 Å². The maximum Gasteiger partial charge on any atom is 0.274 e. The molecule has 0 bridgehead atoms. The van der Waals surface area contributed by atoms with Gasteiger partial charge in [-0.1, -0.05) is 18.2 Å². The number of amides is 1. The molecule has 0 aliphatic heterocycles. The Morgan fingerprint density at radius 3 is 2.65 bits per heavy atom. The summed E-state index contributed by atoms with van der Waals surface area (Å²) in [5, 5.41) is 3.43. The Bertz CT molecular complexity index is 974. The first kappa shape index (κ1) is 17.3. The molecule has 0 fully saturated rings. The second kappa shape index (κ2) is 7.18. The molecule has 0 unspecified atom stereocenters. The predicted molar refractivity (Wildman–Crippen MR) is 103 cm³/mol. The van der Waals surface area contributed by atoms with Crippen molar-refractivity contribution in [1.82, 2.24) is 10.3 Å². The van der Waals surface area contributed by atoms with Crippen LogP contribution in [-0.4, -0.2) is 23.9 Å². The van der Waals surface area contributed by atoms with Crippen LogP contribution in [0.2, 0.25) is 0 Å². The Morgan fingerprint density at radius 1 is 1.23 bits per heavy atom. The van der Waals surface area contributed by atoms with Crippen molar-refractivity contribution in [2.75, 3.05) is 12.8 Å². The summed E-state index contributed by atoms with van der Waals surface area (Å²) in [4.78, 5) is 19.1.